The zero-order valence-corrected chi connectivity index (χ0v) is 12.7. The van der Waals surface area contributed by atoms with Crippen molar-refractivity contribution in [2.75, 3.05) is 13.1 Å². The van der Waals surface area contributed by atoms with Crippen molar-refractivity contribution in [1.82, 2.24) is 9.88 Å². The average Bonchev–Trinajstić information content (AvgIpc) is 2.78. The standard InChI is InChI=1S/C18H21FN2O/c1-13-6-15(9-17(19)7-13)10-21-11-16(18(22)12-21)8-14-2-4-20-5-3-14/h2-7,9,16,18,22H,8,10-12H2,1H3/t16-,18-/m1/s1. The number of aliphatic hydroxyl groups is 1. The zero-order chi connectivity index (χ0) is 15.5. The van der Waals surface area contributed by atoms with E-state index in [0.29, 0.717) is 13.1 Å². The summed E-state index contributed by atoms with van der Waals surface area (Å²) in [5.74, 6) is 0.0279. The van der Waals surface area contributed by atoms with Crippen molar-refractivity contribution >= 4 is 0 Å². The molecule has 22 heavy (non-hydrogen) atoms. The smallest absolute Gasteiger partial charge is 0.123 e. The van der Waals surface area contributed by atoms with Crippen molar-refractivity contribution in [3.05, 3.63) is 65.2 Å². The van der Waals surface area contributed by atoms with Crippen LogP contribution in [0.1, 0.15) is 16.7 Å². The number of hydrogen-bond donors (Lipinski definition) is 1. The van der Waals surface area contributed by atoms with Gasteiger partial charge in [0.1, 0.15) is 5.82 Å². The zero-order valence-electron chi connectivity index (χ0n) is 12.7. The van der Waals surface area contributed by atoms with E-state index in [-0.39, 0.29) is 17.8 Å². The van der Waals surface area contributed by atoms with Crippen LogP contribution in [0, 0.1) is 18.7 Å². The molecule has 1 aromatic heterocycles. The van der Waals surface area contributed by atoms with E-state index < -0.39 is 0 Å². The van der Waals surface area contributed by atoms with E-state index in [1.807, 2.05) is 25.1 Å². The van der Waals surface area contributed by atoms with Crippen LogP contribution in [0.15, 0.2) is 42.7 Å². The molecule has 0 saturated carbocycles. The first-order valence-electron chi connectivity index (χ1n) is 7.65. The largest absolute Gasteiger partial charge is 0.391 e. The SMILES string of the molecule is Cc1cc(F)cc(CN2C[C@@H](Cc3ccncc3)[C@H](O)C2)c1. The van der Waals surface area contributed by atoms with E-state index in [2.05, 4.69) is 9.88 Å². The number of aliphatic hydroxyl groups excluding tert-OH is 1. The van der Waals surface area contributed by atoms with Crippen LogP contribution in [-0.2, 0) is 13.0 Å². The number of hydrogen-bond acceptors (Lipinski definition) is 3. The van der Waals surface area contributed by atoms with Gasteiger partial charge in [-0.3, -0.25) is 9.88 Å². The predicted molar refractivity (Wildman–Crippen MR) is 83.9 cm³/mol. The maximum Gasteiger partial charge on any atom is 0.123 e. The second-order valence-corrected chi connectivity index (χ2v) is 6.22. The average molecular weight is 300 g/mol. The Morgan fingerprint density at radius 1 is 1.18 bits per heavy atom. The number of rotatable bonds is 4. The van der Waals surface area contributed by atoms with Gasteiger partial charge >= 0.3 is 0 Å². The molecule has 1 aliphatic rings. The highest BCUT2D eigenvalue weighted by Gasteiger charge is 2.31. The topological polar surface area (TPSA) is 36.4 Å². The highest BCUT2D eigenvalue weighted by molar-refractivity contribution is 5.23. The van der Waals surface area contributed by atoms with Crippen molar-refractivity contribution in [3.63, 3.8) is 0 Å². The van der Waals surface area contributed by atoms with E-state index in [1.54, 1.807) is 18.5 Å². The monoisotopic (exact) mass is 300 g/mol. The first-order valence-corrected chi connectivity index (χ1v) is 7.65. The summed E-state index contributed by atoms with van der Waals surface area (Å²) in [6.45, 7) is 4.06. The van der Waals surface area contributed by atoms with Gasteiger partial charge in [-0.1, -0.05) is 6.07 Å². The lowest BCUT2D eigenvalue weighted by Crippen LogP contribution is -2.21. The van der Waals surface area contributed by atoms with Crippen LogP contribution < -0.4 is 0 Å². The third-order valence-corrected chi connectivity index (χ3v) is 4.24. The van der Waals surface area contributed by atoms with Gasteiger partial charge in [0.25, 0.3) is 0 Å². The van der Waals surface area contributed by atoms with Gasteiger partial charge in [0.05, 0.1) is 6.10 Å². The molecule has 1 aromatic carbocycles. The van der Waals surface area contributed by atoms with E-state index in [4.69, 9.17) is 0 Å². The molecule has 0 radical (unpaired) electrons. The summed E-state index contributed by atoms with van der Waals surface area (Å²) < 4.78 is 13.5. The van der Waals surface area contributed by atoms with Gasteiger partial charge < -0.3 is 5.11 Å². The number of pyridine rings is 1. The fourth-order valence-electron chi connectivity index (χ4n) is 3.25. The lowest BCUT2D eigenvalue weighted by molar-refractivity contribution is 0.141. The molecule has 2 heterocycles. The minimum Gasteiger partial charge on any atom is -0.391 e. The number of benzene rings is 1. The van der Waals surface area contributed by atoms with Crippen molar-refractivity contribution in [1.29, 1.82) is 0 Å². The lowest BCUT2D eigenvalue weighted by Gasteiger charge is -2.16. The van der Waals surface area contributed by atoms with Crippen molar-refractivity contribution < 1.29 is 9.50 Å². The summed E-state index contributed by atoms with van der Waals surface area (Å²) in [6.07, 6.45) is 4.08. The van der Waals surface area contributed by atoms with Gasteiger partial charge in [0, 0.05) is 37.9 Å². The Morgan fingerprint density at radius 3 is 2.68 bits per heavy atom. The number of nitrogens with zero attached hydrogens (tertiary/aromatic N) is 2. The molecule has 1 fully saturated rings. The summed E-state index contributed by atoms with van der Waals surface area (Å²) in [4.78, 5) is 6.22. The Morgan fingerprint density at radius 2 is 1.95 bits per heavy atom. The summed E-state index contributed by atoms with van der Waals surface area (Å²) in [6, 6.07) is 9.10. The second kappa shape index (κ2) is 6.55. The van der Waals surface area contributed by atoms with Gasteiger partial charge in [0.15, 0.2) is 0 Å². The molecule has 0 bridgehead atoms. The summed E-state index contributed by atoms with van der Waals surface area (Å²) >= 11 is 0. The molecular weight excluding hydrogens is 279 g/mol. The molecule has 1 saturated heterocycles. The van der Waals surface area contributed by atoms with Gasteiger partial charge in [-0.25, -0.2) is 4.39 Å². The van der Waals surface area contributed by atoms with Crippen LogP contribution >= 0.6 is 0 Å². The maximum absolute atomic E-state index is 13.5. The molecule has 4 heteroatoms. The Balaban J connectivity index is 1.63. The number of halogens is 1. The predicted octanol–water partition coefficient (Wildman–Crippen LogP) is 2.56. The Bertz CT molecular complexity index is 612. The highest BCUT2D eigenvalue weighted by atomic mass is 19.1. The van der Waals surface area contributed by atoms with Gasteiger partial charge in [-0.2, -0.15) is 0 Å². The molecule has 1 aliphatic heterocycles. The third-order valence-electron chi connectivity index (χ3n) is 4.24. The molecule has 0 amide bonds. The van der Waals surface area contributed by atoms with Crippen LogP contribution in [0.4, 0.5) is 4.39 Å². The molecule has 2 aromatic rings. The molecule has 0 unspecified atom stereocenters. The summed E-state index contributed by atoms with van der Waals surface area (Å²) in [5.41, 5.74) is 3.10. The quantitative estimate of drug-likeness (QED) is 0.943. The van der Waals surface area contributed by atoms with Crippen molar-refractivity contribution in [3.8, 4) is 0 Å². The number of likely N-dealkylation sites (tertiary alicyclic amines) is 1. The molecule has 116 valence electrons. The van der Waals surface area contributed by atoms with E-state index in [1.165, 1.54) is 11.6 Å². The highest BCUT2D eigenvalue weighted by Crippen LogP contribution is 2.23. The molecule has 0 spiro atoms. The van der Waals surface area contributed by atoms with E-state index in [9.17, 15) is 9.50 Å². The van der Waals surface area contributed by atoms with Gasteiger partial charge in [0.2, 0.25) is 0 Å². The molecule has 3 rings (SSSR count). The lowest BCUT2D eigenvalue weighted by atomic mass is 9.97. The Kier molecular flexibility index (Phi) is 4.50. The normalized spacial score (nSPS) is 22.1. The molecular formula is C18H21FN2O. The number of aryl methyl sites for hydroxylation is 1. The summed E-state index contributed by atoms with van der Waals surface area (Å²) in [7, 11) is 0. The van der Waals surface area contributed by atoms with Crippen molar-refractivity contribution in [2.45, 2.75) is 26.0 Å². The third kappa shape index (κ3) is 3.70. The van der Waals surface area contributed by atoms with Gasteiger partial charge in [-0.15, -0.1) is 0 Å². The number of aromatic nitrogens is 1. The Labute approximate surface area is 130 Å². The Hall–Kier alpha value is -1.78. The molecule has 2 atom stereocenters. The molecule has 3 nitrogen and oxygen atoms in total. The first-order chi connectivity index (χ1) is 10.6. The second-order valence-electron chi connectivity index (χ2n) is 6.22. The van der Waals surface area contributed by atoms with Crippen molar-refractivity contribution in [2.24, 2.45) is 5.92 Å². The molecule has 1 N–H and O–H groups in total. The minimum atomic E-state index is -0.331. The van der Waals surface area contributed by atoms with Crippen LogP contribution in [0.3, 0.4) is 0 Å². The number of β-amino-alcohol motifs (C(OH)–C–C–N with tert-alkyl or cyclic N) is 1. The minimum absolute atomic E-state index is 0.192. The van der Waals surface area contributed by atoms with E-state index >= 15 is 0 Å². The van der Waals surface area contributed by atoms with Crippen LogP contribution in [0.25, 0.3) is 0 Å². The van der Waals surface area contributed by atoms with Crippen LogP contribution in [0.2, 0.25) is 0 Å². The first kappa shape index (κ1) is 15.1. The maximum atomic E-state index is 13.5. The summed E-state index contributed by atoms with van der Waals surface area (Å²) in [5, 5.41) is 10.3. The van der Waals surface area contributed by atoms with Crippen LogP contribution in [0.5, 0.6) is 0 Å². The van der Waals surface area contributed by atoms with Crippen LogP contribution in [-0.4, -0.2) is 34.2 Å². The molecule has 0 aliphatic carbocycles. The van der Waals surface area contributed by atoms with E-state index in [0.717, 1.165) is 24.1 Å². The van der Waals surface area contributed by atoms with Gasteiger partial charge in [-0.05, 0) is 54.3 Å². The fraction of sp³-hybridized carbons (Fsp3) is 0.389. The fourth-order valence-corrected chi connectivity index (χ4v) is 3.25.